The quantitative estimate of drug-likeness (QED) is 0.645. The number of sulfone groups is 1. The zero-order valence-electron chi connectivity index (χ0n) is 12.8. The van der Waals surface area contributed by atoms with Gasteiger partial charge in [-0.1, -0.05) is 12.1 Å². The summed E-state index contributed by atoms with van der Waals surface area (Å²) in [7, 11) is -3.12. The van der Waals surface area contributed by atoms with Crippen LogP contribution in [0.2, 0.25) is 0 Å². The predicted molar refractivity (Wildman–Crippen MR) is 87.2 cm³/mol. The summed E-state index contributed by atoms with van der Waals surface area (Å²) in [5.41, 5.74) is -4.55. The van der Waals surface area contributed by atoms with Crippen molar-refractivity contribution in [3.8, 4) is 0 Å². The molecule has 2 rings (SSSR count). The van der Waals surface area contributed by atoms with Crippen molar-refractivity contribution in [1.82, 2.24) is 5.32 Å². The van der Waals surface area contributed by atoms with Crippen LogP contribution < -0.4 is 5.32 Å². The molecule has 1 aliphatic heterocycles. The normalized spacial score (nSPS) is 23.5. The first-order valence-electron chi connectivity index (χ1n) is 7.03. The van der Waals surface area contributed by atoms with Crippen molar-refractivity contribution < 1.29 is 26.4 Å². The second-order valence-corrected chi connectivity index (χ2v) is 9.16. The molecule has 0 spiro atoms. The van der Waals surface area contributed by atoms with E-state index in [1.807, 2.05) is 0 Å². The third-order valence-corrected chi connectivity index (χ3v) is 6.11. The molecule has 9 heteroatoms. The van der Waals surface area contributed by atoms with E-state index in [1.165, 1.54) is 36.4 Å². The standard InChI is InChI=1S/C15H16F3NO3S2/c1-14(8-9-24(21,22)10-14)19-13(20)7-4-11-2-5-12(6-3-11)23-15(16,17)18/h2-7H,8-10H2,1H3,(H,19,20)/b7-4+. The van der Waals surface area contributed by atoms with Crippen LogP contribution in [0.3, 0.4) is 0 Å². The van der Waals surface area contributed by atoms with Crippen LogP contribution in [0.5, 0.6) is 0 Å². The summed E-state index contributed by atoms with van der Waals surface area (Å²) < 4.78 is 59.7. The van der Waals surface area contributed by atoms with Crippen LogP contribution in [0.15, 0.2) is 35.2 Å². The molecule has 1 saturated heterocycles. The van der Waals surface area contributed by atoms with Crippen LogP contribution in [0, 0.1) is 0 Å². The molecule has 0 saturated carbocycles. The Morgan fingerprint density at radius 1 is 1.29 bits per heavy atom. The summed E-state index contributed by atoms with van der Waals surface area (Å²) in [6.45, 7) is 1.67. The van der Waals surface area contributed by atoms with Gasteiger partial charge >= 0.3 is 5.51 Å². The second-order valence-electron chi connectivity index (χ2n) is 5.84. The number of rotatable bonds is 4. The van der Waals surface area contributed by atoms with E-state index in [0.29, 0.717) is 12.0 Å². The maximum absolute atomic E-state index is 12.2. The molecule has 1 aliphatic rings. The van der Waals surface area contributed by atoms with Crippen molar-refractivity contribution in [3.05, 3.63) is 35.9 Å². The number of halogens is 3. The number of thioether (sulfide) groups is 1. The summed E-state index contributed by atoms with van der Waals surface area (Å²) in [5.74, 6) is -0.488. The Balaban J connectivity index is 1.94. The Labute approximate surface area is 142 Å². The highest BCUT2D eigenvalue weighted by molar-refractivity contribution is 8.00. The topological polar surface area (TPSA) is 63.2 Å². The van der Waals surface area contributed by atoms with E-state index in [2.05, 4.69) is 5.32 Å². The Hall–Kier alpha value is -1.48. The van der Waals surface area contributed by atoms with Gasteiger partial charge in [0.25, 0.3) is 0 Å². The third-order valence-electron chi connectivity index (χ3n) is 3.47. The highest BCUT2D eigenvalue weighted by Gasteiger charge is 2.39. The van der Waals surface area contributed by atoms with Crippen LogP contribution in [0.4, 0.5) is 13.2 Å². The molecular formula is C15H16F3NO3S2. The van der Waals surface area contributed by atoms with Crippen molar-refractivity contribution in [2.75, 3.05) is 11.5 Å². The van der Waals surface area contributed by atoms with E-state index in [-0.39, 0.29) is 28.2 Å². The number of nitrogens with one attached hydrogen (secondary N) is 1. The van der Waals surface area contributed by atoms with Crippen molar-refractivity contribution in [3.63, 3.8) is 0 Å². The molecule has 4 nitrogen and oxygen atoms in total. The fourth-order valence-corrected chi connectivity index (χ4v) is 5.03. The van der Waals surface area contributed by atoms with Gasteiger partial charge < -0.3 is 5.32 Å². The molecule has 0 aromatic heterocycles. The first kappa shape index (κ1) is 18.9. The highest BCUT2D eigenvalue weighted by atomic mass is 32.2. The predicted octanol–water partition coefficient (Wildman–Crippen LogP) is 3.01. The van der Waals surface area contributed by atoms with Crippen LogP contribution in [-0.4, -0.2) is 36.9 Å². The van der Waals surface area contributed by atoms with Gasteiger partial charge in [-0.15, -0.1) is 0 Å². The fraction of sp³-hybridized carbons (Fsp3) is 0.400. The van der Waals surface area contributed by atoms with Gasteiger partial charge in [0.2, 0.25) is 5.91 Å². The summed E-state index contributed by atoms with van der Waals surface area (Å²) in [5, 5.41) is 2.67. The summed E-state index contributed by atoms with van der Waals surface area (Å²) in [4.78, 5) is 12.0. The van der Waals surface area contributed by atoms with Crippen LogP contribution in [0.25, 0.3) is 6.08 Å². The number of hydrogen-bond acceptors (Lipinski definition) is 4. The Morgan fingerprint density at radius 2 is 1.92 bits per heavy atom. The molecule has 24 heavy (non-hydrogen) atoms. The molecule has 1 atom stereocenters. The van der Waals surface area contributed by atoms with Crippen LogP contribution in [0.1, 0.15) is 18.9 Å². The smallest absolute Gasteiger partial charge is 0.346 e. The number of hydrogen-bond donors (Lipinski definition) is 1. The number of carbonyl (C=O) groups excluding carboxylic acids is 1. The van der Waals surface area contributed by atoms with E-state index < -0.39 is 26.8 Å². The lowest BCUT2D eigenvalue weighted by molar-refractivity contribution is -0.117. The molecule has 0 radical (unpaired) electrons. The van der Waals surface area contributed by atoms with Crippen LogP contribution >= 0.6 is 11.8 Å². The van der Waals surface area contributed by atoms with E-state index in [4.69, 9.17) is 0 Å². The lowest BCUT2D eigenvalue weighted by Gasteiger charge is -2.22. The lowest BCUT2D eigenvalue weighted by Crippen LogP contribution is -2.46. The molecule has 1 aromatic carbocycles. The van der Waals surface area contributed by atoms with Gasteiger partial charge in [-0.3, -0.25) is 4.79 Å². The molecule has 132 valence electrons. The molecule has 1 fully saturated rings. The van der Waals surface area contributed by atoms with Crippen molar-refractivity contribution in [1.29, 1.82) is 0 Å². The number of amides is 1. The molecule has 1 unspecified atom stereocenters. The SMILES string of the molecule is CC1(NC(=O)/C=C/c2ccc(SC(F)(F)F)cc2)CCS(=O)(=O)C1. The van der Waals surface area contributed by atoms with Gasteiger partial charge in [-0.2, -0.15) is 13.2 Å². The minimum absolute atomic E-state index is 0.0474. The fourth-order valence-electron chi connectivity index (χ4n) is 2.40. The van der Waals surface area contributed by atoms with E-state index in [0.717, 1.165) is 0 Å². The monoisotopic (exact) mass is 379 g/mol. The number of benzene rings is 1. The first-order chi connectivity index (χ1) is 11.0. The van der Waals surface area contributed by atoms with Gasteiger partial charge in [-0.05, 0) is 48.9 Å². The first-order valence-corrected chi connectivity index (χ1v) is 9.67. The van der Waals surface area contributed by atoms with Crippen LogP contribution in [-0.2, 0) is 14.6 Å². The molecule has 1 N–H and O–H groups in total. The van der Waals surface area contributed by atoms with Crippen molar-refractivity contribution in [2.24, 2.45) is 0 Å². The second kappa shape index (κ2) is 6.79. The van der Waals surface area contributed by atoms with Gasteiger partial charge in [0.05, 0.1) is 17.0 Å². The maximum atomic E-state index is 12.2. The van der Waals surface area contributed by atoms with Gasteiger partial charge in [0.1, 0.15) is 0 Å². The zero-order valence-corrected chi connectivity index (χ0v) is 14.4. The molecule has 1 aromatic rings. The Bertz CT molecular complexity index is 742. The molecule has 0 bridgehead atoms. The Kier molecular flexibility index (Phi) is 5.34. The van der Waals surface area contributed by atoms with E-state index in [1.54, 1.807) is 6.92 Å². The summed E-state index contributed by atoms with van der Waals surface area (Å²) in [6, 6.07) is 5.58. The van der Waals surface area contributed by atoms with Gasteiger partial charge in [-0.25, -0.2) is 8.42 Å². The van der Waals surface area contributed by atoms with Gasteiger partial charge in [0.15, 0.2) is 9.84 Å². The largest absolute Gasteiger partial charge is 0.446 e. The average molecular weight is 379 g/mol. The maximum Gasteiger partial charge on any atom is 0.446 e. The summed E-state index contributed by atoms with van der Waals surface area (Å²) in [6.07, 6.45) is 3.06. The highest BCUT2D eigenvalue weighted by Crippen LogP contribution is 2.36. The third kappa shape index (κ3) is 5.86. The van der Waals surface area contributed by atoms with Crippen molar-refractivity contribution in [2.45, 2.75) is 29.3 Å². The lowest BCUT2D eigenvalue weighted by atomic mass is 10.0. The minimum Gasteiger partial charge on any atom is -0.346 e. The number of carbonyl (C=O) groups is 1. The molecule has 0 aliphatic carbocycles. The molecule has 1 amide bonds. The van der Waals surface area contributed by atoms with Gasteiger partial charge in [0, 0.05) is 11.0 Å². The molecule has 1 heterocycles. The summed E-state index contributed by atoms with van der Waals surface area (Å²) >= 11 is -0.206. The zero-order chi connectivity index (χ0) is 18.0. The minimum atomic E-state index is -4.34. The van der Waals surface area contributed by atoms with Crippen molar-refractivity contribution >= 4 is 33.6 Å². The van der Waals surface area contributed by atoms with E-state index in [9.17, 15) is 26.4 Å². The average Bonchev–Trinajstić information content (AvgIpc) is 2.70. The molecular weight excluding hydrogens is 363 g/mol. The Morgan fingerprint density at radius 3 is 2.42 bits per heavy atom. The van der Waals surface area contributed by atoms with E-state index >= 15 is 0 Å². The number of alkyl halides is 3.